The molecule has 1 aromatic carbocycles. The third kappa shape index (κ3) is 6.13. The molecule has 1 aromatic rings. The van der Waals surface area contributed by atoms with Gasteiger partial charge in [0.1, 0.15) is 5.70 Å². The molecule has 1 rings (SSSR count). The van der Waals surface area contributed by atoms with Gasteiger partial charge >= 0.3 is 0 Å². The van der Waals surface area contributed by atoms with Crippen LogP contribution in [0.2, 0.25) is 10.0 Å². The van der Waals surface area contributed by atoms with Crippen LogP contribution in [-0.4, -0.2) is 17.8 Å². The van der Waals surface area contributed by atoms with E-state index in [-0.39, 0.29) is 12.6 Å². The summed E-state index contributed by atoms with van der Waals surface area (Å²) in [4.78, 5) is 0. The second-order valence-electron chi connectivity index (χ2n) is 5.98. The zero-order chi connectivity index (χ0) is 17.4. The molecule has 6 heteroatoms. The maximum atomic E-state index is 9.75. The van der Waals surface area contributed by atoms with E-state index in [2.05, 4.69) is 31.2 Å². The van der Waals surface area contributed by atoms with E-state index in [4.69, 9.17) is 28.7 Å². The van der Waals surface area contributed by atoms with Crippen LogP contribution in [0, 0.1) is 11.4 Å². The van der Waals surface area contributed by atoms with Crippen molar-refractivity contribution in [3.05, 3.63) is 39.5 Å². The third-order valence-corrected chi connectivity index (χ3v) is 4.06. The van der Waals surface area contributed by atoms with Crippen molar-refractivity contribution >= 4 is 28.9 Å². The van der Waals surface area contributed by atoms with Gasteiger partial charge in [-0.15, -0.1) is 0 Å². The first-order valence-corrected chi connectivity index (χ1v) is 8.61. The first kappa shape index (κ1) is 19.9. The van der Waals surface area contributed by atoms with Gasteiger partial charge in [-0.25, -0.2) is 5.53 Å². The molecule has 0 aliphatic heterocycles. The Labute approximate surface area is 148 Å². The number of aliphatic hydroxyl groups is 1. The summed E-state index contributed by atoms with van der Waals surface area (Å²) in [5, 5.41) is 17.6. The Bertz CT molecular complexity index is 559. The highest BCUT2D eigenvalue weighted by molar-refractivity contribution is 6.35. The van der Waals surface area contributed by atoms with E-state index < -0.39 is 0 Å². The Morgan fingerprint density at radius 3 is 2.52 bits per heavy atom. The van der Waals surface area contributed by atoms with Crippen molar-refractivity contribution in [2.45, 2.75) is 46.1 Å². The topological polar surface area (TPSA) is 68.5 Å². The highest BCUT2D eigenvalue weighted by Gasteiger charge is 2.17. The van der Waals surface area contributed by atoms with Crippen LogP contribution in [0.3, 0.4) is 0 Å². The van der Waals surface area contributed by atoms with Crippen LogP contribution in [0.15, 0.2) is 29.0 Å². The zero-order valence-corrected chi connectivity index (χ0v) is 15.4. The summed E-state index contributed by atoms with van der Waals surface area (Å²) >= 11 is 12.1. The Morgan fingerprint density at radius 2 is 2.04 bits per heavy atom. The van der Waals surface area contributed by atoms with E-state index >= 15 is 0 Å². The predicted octanol–water partition coefficient (Wildman–Crippen LogP) is 5.49. The number of nitrogens with zero attached hydrogens (tertiary/aromatic N) is 1. The summed E-state index contributed by atoms with van der Waals surface area (Å²) in [6.45, 7) is 6.23. The van der Waals surface area contributed by atoms with E-state index in [1.54, 1.807) is 18.2 Å². The van der Waals surface area contributed by atoms with Gasteiger partial charge in [0.2, 0.25) is 0 Å². The SMILES string of the molecule is CCCC(CC(C)C)N/C(CO)=C(\N=N)c1ccc(Cl)cc1Cl. The predicted molar refractivity (Wildman–Crippen MR) is 96.9 cm³/mol. The summed E-state index contributed by atoms with van der Waals surface area (Å²) in [7, 11) is 0. The van der Waals surface area contributed by atoms with Crippen LogP contribution in [0.4, 0.5) is 0 Å². The second-order valence-corrected chi connectivity index (χ2v) is 6.82. The summed E-state index contributed by atoms with van der Waals surface area (Å²) in [6, 6.07) is 5.24. The number of halogens is 2. The van der Waals surface area contributed by atoms with E-state index in [1.165, 1.54) is 0 Å². The van der Waals surface area contributed by atoms with Gasteiger partial charge < -0.3 is 10.4 Å². The number of hydrogen-bond donors (Lipinski definition) is 3. The molecule has 128 valence electrons. The molecule has 4 nitrogen and oxygen atoms in total. The van der Waals surface area contributed by atoms with Gasteiger partial charge in [0.05, 0.1) is 17.3 Å². The molecule has 0 fully saturated rings. The highest BCUT2D eigenvalue weighted by atomic mass is 35.5. The van der Waals surface area contributed by atoms with Gasteiger partial charge in [-0.05, 0) is 37.0 Å². The molecule has 0 aliphatic carbocycles. The van der Waals surface area contributed by atoms with Crippen LogP contribution in [0.1, 0.15) is 45.6 Å². The van der Waals surface area contributed by atoms with Gasteiger partial charge in [-0.3, -0.25) is 0 Å². The minimum atomic E-state index is -0.227. The first-order chi connectivity index (χ1) is 10.9. The lowest BCUT2D eigenvalue weighted by atomic mass is 9.99. The Kier molecular flexibility index (Phi) is 8.59. The van der Waals surface area contributed by atoms with Crippen molar-refractivity contribution in [2.75, 3.05) is 6.61 Å². The molecule has 0 amide bonds. The summed E-state index contributed by atoms with van der Waals surface area (Å²) < 4.78 is 0. The molecular formula is C17H25Cl2N3O. The standard InChI is InChI=1S/C17H25Cl2N3O/c1-4-5-13(8-11(2)3)21-16(10-23)17(22-20)14-7-6-12(18)9-15(14)19/h6-7,9,11,13,20-21,23H,4-5,8,10H2,1-3H3/b17-16-,22-20?. The third-order valence-electron chi connectivity index (χ3n) is 3.51. The number of aliphatic hydroxyl groups excluding tert-OH is 1. The fraction of sp³-hybridized carbons (Fsp3) is 0.529. The zero-order valence-electron chi connectivity index (χ0n) is 13.9. The molecule has 1 atom stereocenters. The number of benzene rings is 1. The van der Waals surface area contributed by atoms with Crippen LogP contribution >= 0.6 is 23.2 Å². The van der Waals surface area contributed by atoms with Crippen molar-refractivity contribution in [1.29, 1.82) is 5.53 Å². The molecule has 0 saturated carbocycles. The summed E-state index contributed by atoms with van der Waals surface area (Å²) in [5.41, 5.74) is 8.94. The van der Waals surface area contributed by atoms with E-state index in [0.717, 1.165) is 19.3 Å². The van der Waals surface area contributed by atoms with E-state index in [0.29, 0.717) is 32.9 Å². The Hall–Kier alpha value is -1.10. The lowest BCUT2D eigenvalue weighted by Crippen LogP contribution is -2.31. The van der Waals surface area contributed by atoms with Crippen molar-refractivity contribution in [3.8, 4) is 0 Å². The van der Waals surface area contributed by atoms with Crippen LogP contribution in [-0.2, 0) is 0 Å². The molecule has 0 spiro atoms. The summed E-state index contributed by atoms with van der Waals surface area (Å²) in [5.74, 6) is 0.537. The maximum Gasteiger partial charge on any atom is 0.115 e. The van der Waals surface area contributed by atoms with Gasteiger partial charge in [0.25, 0.3) is 0 Å². The van der Waals surface area contributed by atoms with Crippen molar-refractivity contribution in [2.24, 2.45) is 11.0 Å². The average molecular weight is 358 g/mol. The largest absolute Gasteiger partial charge is 0.390 e. The van der Waals surface area contributed by atoms with Crippen LogP contribution < -0.4 is 5.32 Å². The molecule has 1 unspecified atom stereocenters. The average Bonchev–Trinajstić information content (AvgIpc) is 2.48. The monoisotopic (exact) mass is 357 g/mol. The number of nitrogens with one attached hydrogen (secondary N) is 2. The number of rotatable bonds is 9. The smallest absolute Gasteiger partial charge is 0.115 e. The maximum absolute atomic E-state index is 9.75. The van der Waals surface area contributed by atoms with Gasteiger partial charge in [0, 0.05) is 16.6 Å². The van der Waals surface area contributed by atoms with Crippen LogP contribution in [0.25, 0.3) is 5.70 Å². The fourth-order valence-corrected chi connectivity index (χ4v) is 3.07. The van der Waals surface area contributed by atoms with Gasteiger partial charge in [-0.2, -0.15) is 5.11 Å². The normalized spacial score (nSPS) is 13.7. The lowest BCUT2D eigenvalue weighted by molar-refractivity contribution is 0.308. The minimum absolute atomic E-state index is 0.227. The molecule has 0 aromatic heterocycles. The highest BCUT2D eigenvalue weighted by Crippen LogP contribution is 2.29. The fourth-order valence-electron chi connectivity index (χ4n) is 2.57. The van der Waals surface area contributed by atoms with Crippen molar-refractivity contribution in [1.82, 2.24) is 5.32 Å². The quantitative estimate of drug-likeness (QED) is 0.511. The molecule has 0 heterocycles. The first-order valence-electron chi connectivity index (χ1n) is 7.86. The van der Waals surface area contributed by atoms with Gasteiger partial charge in [0.15, 0.2) is 0 Å². The molecule has 0 saturated heterocycles. The Balaban J connectivity index is 3.17. The van der Waals surface area contributed by atoms with E-state index in [9.17, 15) is 5.11 Å². The molecular weight excluding hydrogens is 333 g/mol. The molecule has 3 N–H and O–H groups in total. The molecule has 0 bridgehead atoms. The lowest BCUT2D eigenvalue weighted by Gasteiger charge is -2.23. The number of hydrogen-bond acceptors (Lipinski definition) is 4. The minimum Gasteiger partial charge on any atom is -0.390 e. The van der Waals surface area contributed by atoms with Gasteiger partial charge in [-0.1, -0.05) is 50.4 Å². The van der Waals surface area contributed by atoms with Crippen molar-refractivity contribution in [3.63, 3.8) is 0 Å². The molecule has 0 aliphatic rings. The van der Waals surface area contributed by atoms with Crippen molar-refractivity contribution < 1.29 is 5.11 Å². The molecule has 23 heavy (non-hydrogen) atoms. The van der Waals surface area contributed by atoms with E-state index in [1.807, 2.05) is 0 Å². The summed E-state index contributed by atoms with van der Waals surface area (Å²) in [6.07, 6.45) is 3.01. The van der Waals surface area contributed by atoms with Crippen LogP contribution in [0.5, 0.6) is 0 Å². The molecule has 0 radical (unpaired) electrons. The second kappa shape index (κ2) is 9.91. The Morgan fingerprint density at radius 1 is 1.35 bits per heavy atom.